The van der Waals surface area contributed by atoms with E-state index in [2.05, 4.69) is 4.90 Å². The summed E-state index contributed by atoms with van der Waals surface area (Å²) in [6.07, 6.45) is 1.32. The van der Waals surface area contributed by atoms with Gasteiger partial charge in [0, 0.05) is 37.1 Å². The molecule has 3 heterocycles. The van der Waals surface area contributed by atoms with Crippen LogP contribution in [-0.2, 0) is 16.0 Å². The lowest BCUT2D eigenvalue weighted by atomic mass is 10.3. The molecule has 6 nitrogen and oxygen atoms in total. The number of anilines is 1. The van der Waals surface area contributed by atoms with Crippen LogP contribution in [0.25, 0.3) is 10.2 Å². The first-order valence-corrected chi connectivity index (χ1v) is 11.5. The predicted molar refractivity (Wildman–Crippen MR) is 126 cm³/mol. The van der Waals surface area contributed by atoms with Crippen molar-refractivity contribution in [1.82, 2.24) is 9.88 Å². The zero-order valence-corrected chi connectivity index (χ0v) is 19.4. The van der Waals surface area contributed by atoms with E-state index in [0.29, 0.717) is 13.0 Å². The summed E-state index contributed by atoms with van der Waals surface area (Å²) < 4.78 is 11.8. The number of methoxy groups -OCH3 is 1. The highest BCUT2D eigenvalue weighted by Crippen LogP contribution is 2.31. The van der Waals surface area contributed by atoms with Crippen LogP contribution in [0.3, 0.4) is 0 Å². The summed E-state index contributed by atoms with van der Waals surface area (Å²) in [5.74, 6) is 0.874. The van der Waals surface area contributed by atoms with Crippen molar-refractivity contribution in [3.8, 4) is 5.75 Å². The van der Waals surface area contributed by atoms with Crippen molar-refractivity contribution in [3.05, 3.63) is 40.6 Å². The molecule has 0 saturated carbocycles. The highest BCUT2D eigenvalue weighted by molar-refractivity contribution is 7.22. The molecule has 1 amide bonds. The third-order valence-corrected chi connectivity index (χ3v) is 6.92. The Labute approximate surface area is 190 Å². The second kappa shape index (κ2) is 11.1. The van der Waals surface area contributed by atoms with Crippen molar-refractivity contribution >= 4 is 56.3 Å². The van der Waals surface area contributed by atoms with E-state index in [1.807, 2.05) is 40.6 Å². The van der Waals surface area contributed by atoms with Crippen LogP contribution in [0.1, 0.15) is 11.3 Å². The number of amides is 1. The molecule has 9 heteroatoms. The predicted octanol–water partition coefficient (Wildman–Crippen LogP) is 4.09. The van der Waals surface area contributed by atoms with Crippen LogP contribution < -0.4 is 9.64 Å². The van der Waals surface area contributed by atoms with E-state index >= 15 is 0 Å². The zero-order valence-electron chi connectivity index (χ0n) is 16.9. The summed E-state index contributed by atoms with van der Waals surface area (Å²) in [4.78, 5) is 23.2. The van der Waals surface area contributed by atoms with Gasteiger partial charge in [0.2, 0.25) is 5.91 Å². The van der Waals surface area contributed by atoms with Crippen molar-refractivity contribution in [2.75, 3.05) is 51.4 Å². The van der Waals surface area contributed by atoms with E-state index < -0.39 is 0 Å². The van der Waals surface area contributed by atoms with E-state index in [4.69, 9.17) is 14.5 Å². The highest BCUT2D eigenvalue weighted by Gasteiger charge is 2.21. The van der Waals surface area contributed by atoms with Gasteiger partial charge in [-0.3, -0.25) is 14.6 Å². The average Bonchev–Trinajstić information content (AvgIpc) is 3.40. The summed E-state index contributed by atoms with van der Waals surface area (Å²) in [5.41, 5.74) is 0.867. The number of ether oxygens (including phenoxy) is 2. The van der Waals surface area contributed by atoms with Gasteiger partial charge in [0.1, 0.15) is 5.75 Å². The fourth-order valence-electron chi connectivity index (χ4n) is 3.40. The number of carbonyl (C=O) groups is 1. The molecular formula is C21H26ClN3O3S2. The normalized spacial score (nSPS) is 14.4. The molecule has 3 aromatic rings. The molecule has 0 N–H and O–H groups in total. The van der Waals surface area contributed by atoms with Crippen LogP contribution in [0.4, 0.5) is 5.13 Å². The Bertz CT molecular complexity index is 942. The Balaban J connectivity index is 0.00000256. The van der Waals surface area contributed by atoms with E-state index in [-0.39, 0.29) is 18.3 Å². The number of thiazole rings is 1. The number of aromatic nitrogens is 1. The Kier molecular flexibility index (Phi) is 8.47. The topological polar surface area (TPSA) is 54.9 Å². The molecule has 0 spiro atoms. The van der Waals surface area contributed by atoms with Crippen LogP contribution >= 0.6 is 35.1 Å². The molecule has 1 aliphatic rings. The molecule has 1 aliphatic heterocycles. The number of carbonyl (C=O) groups excluding carboxylic acids is 1. The van der Waals surface area contributed by atoms with Gasteiger partial charge in [-0.25, -0.2) is 4.98 Å². The molecule has 1 fully saturated rings. The Morgan fingerprint density at radius 1 is 1.30 bits per heavy atom. The second-order valence-corrected chi connectivity index (χ2v) is 8.98. The van der Waals surface area contributed by atoms with Crippen molar-refractivity contribution < 1.29 is 14.3 Å². The summed E-state index contributed by atoms with van der Waals surface area (Å²) in [7, 11) is 1.65. The Hall–Kier alpha value is -1.71. The molecule has 0 bridgehead atoms. The number of rotatable bonds is 8. The number of benzene rings is 1. The van der Waals surface area contributed by atoms with E-state index in [9.17, 15) is 4.79 Å². The lowest BCUT2D eigenvalue weighted by Gasteiger charge is -2.27. The zero-order chi connectivity index (χ0) is 20.1. The van der Waals surface area contributed by atoms with Gasteiger partial charge in [0.15, 0.2) is 5.13 Å². The lowest BCUT2D eigenvalue weighted by Crippen LogP contribution is -2.39. The number of fused-ring (bicyclic) bond motifs is 1. The molecule has 0 atom stereocenters. The monoisotopic (exact) mass is 467 g/mol. The first kappa shape index (κ1) is 23.0. The van der Waals surface area contributed by atoms with Gasteiger partial charge in [-0.1, -0.05) is 17.4 Å². The molecule has 1 aromatic carbocycles. The Morgan fingerprint density at radius 2 is 2.13 bits per heavy atom. The number of hydrogen-bond acceptors (Lipinski definition) is 7. The Morgan fingerprint density at radius 3 is 2.87 bits per heavy atom. The first-order chi connectivity index (χ1) is 14.2. The van der Waals surface area contributed by atoms with Gasteiger partial charge in [0.05, 0.1) is 37.0 Å². The molecule has 0 radical (unpaired) electrons. The number of halogens is 1. The molecule has 4 rings (SSSR count). The minimum absolute atomic E-state index is 0. The number of morpholine rings is 1. The fraction of sp³-hybridized carbons (Fsp3) is 0.429. The molecular weight excluding hydrogens is 442 g/mol. The van der Waals surface area contributed by atoms with E-state index in [1.165, 1.54) is 0 Å². The number of nitrogens with zero attached hydrogens (tertiary/aromatic N) is 3. The summed E-state index contributed by atoms with van der Waals surface area (Å²) in [6, 6.07) is 9.86. The standard InChI is InChI=1S/C21H25N3O3S2.ClH/c1-26-16-5-6-19-18(14-16)22-21(29-19)24(20(25)15-17-4-2-13-28-17)8-3-7-23-9-11-27-12-10-23;/h2,4-6,13-14H,3,7-12,15H2,1H3;1H. The first-order valence-electron chi connectivity index (χ1n) is 9.80. The molecule has 0 aliphatic carbocycles. The number of thiophene rings is 1. The van der Waals surface area contributed by atoms with Gasteiger partial charge in [-0.2, -0.15) is 0 Å². The molecule has 0 unspecified atom stereocenters. The van der Waals surface area contributed by atoms with Crippen LogP contribution in [-0.4, -0.2) is 62.3 Å². The highest BCUT2D eigenvalue weighted by atomic mass is 35.5. The quantitative estimate of drug-likeness (QED) is 0.499. The SMILES string of the molecule is COc1ccc2sc(N(CCCN3CCOCC3)C(=O)Cc3cccs3)nc2c1.Cl. The van der Waals surface area contributed by atoms with Gasteiger partial charge in [-0.15, -0.1) is 23.7 Å². The van der Waals surface area contributed by atoms with E-state index in [1.54, 1.807) is 29.8 Å². The van der Waals surface area contributed by atoms with Crippen molar-refractivity contribution in [1.29, 1.82) is 0 Å². The minimum Gasteiger partial charge on any atom is -0.497 e. The van der Waals surface area contributed by atoms with Gasteiger partial charge < -0.3 is 9.47 Å². The van der Waals surface area contributed by atoms with Gasteiger partial charge >= 0.3 is 0 Å². The second-order valence-electron chi connectivity index (χ2n) is 6.94. The van der Waals surface area contributed by atoms with Gasteiger partial charge in [0.25, 0.3) is 0 Å². The summed E-state index contributed by atoms with van der Waals surface area (Å²) >= 11 is 3.18. The largest absolute Gasteiger partial charge is 0.497 e. The fourth-order valence-corrected chi connectivity index (χ4v) is 5.08. The maximum atomic E-state index is 13.1. The van der Waals surface area contributed by atoms with Gasteiger partial charge in [-0.05, 0) is 30.0 Å². The average molecular weight is 468 g/mol. The summed E-state index contributed by atoms with van der Waals surface area (Å²) in [6.45, 7) is 5.14. The third kappa shape index (κ3) is 5.70. The third-order valence-electron chi connectivity index (χ3n) is 4.98. The molecule has 2 aromatic heterocycles. The maximum absolute atomic E-state index is 13.1. The smallest absolute Gasteiger partial charge is 0.234 e. The summed E-state index contributed by atoms with van der Waals surface area (Å²) in [5, 5.41) is 2.77. The van der Waals surface area contributed by atoms with Crippen LogP contribution in [0.15, 0.2) is 35.7 Å². The molecule has 30 heavy (non-hydrogen) atoms. The maximum Gasteiger partial charge on any atom is 0.234 e. The number of hydrogen-bond donors (Lipinski definition) is 0. The lowest BCUT2D eigenvalue weighted by molar-refractivity contribution is -0.118. The van der Waals surface area contributed by atoms with Crippen molar-refractivity contribution in [2.24, 2.45) is 0 Å². The van der Waals surface area contributed by atoms with Crippen LogP contribution in [0, 0.1) is 0 Å². The van der Waals surface area contributed by atoms with Crippen molar-refractivity contribution in [2.45, 2.75) is 12.8 Å². The molecule has 1 saturated heterocycles. The van der Waals surface area contributed by atoms with Crippen LogP contribution in [0.2, 0.25) is 0 Å². The van der Waals surface area contributed by atoms with E-state index in [0.717, 1.165) is 65.2 Å². The van der Waals surface area contributed by atoms with Crippen LogP contribution in [0.5, 0.6) is 5.75 Å². The minimum atomic E-state index is 0. The van der Waals surface area contributed by atoms with Crippen molar-refractivity contribution in [3.63, 3.8) is 0 Å². The molecule has 162 valence electrons.